The molecule has 1 fully saturated rings. The van der Waals surface area contributed by atoms with Crippen LogP contribution in [0.5, 0.6) is 0 Å². The van der Waals surface area contributed by atoms with Crippen LogP contribution in [-0.4, -0.2) is 32.2 Å². The number of methoxy groups -OCH3 is 1. The molecule has 4 nitrogen and oxygen atoms in total. The van der Waals surface area contributed by atoms with Crippen LogP contribution >= 0.6 is 0 Å². The standard InChI is InChI=1S/C10H20N2O2/c1-3-10(4-5-10)7-12-9(13)8(6-11)14-2/h8H,3-7,11H2,1-2H3,(H,12,13). The molecule has 0 bridgehead atoms. The first-order valence-corrected chi connectivity index (χ1v) is 5.18. The quantitative estimate of drug-likeness (QED) is 0.646. The number of hydrogen-bond acceptors (Lipinski definition) is 3. The summed E-state index contributed by atoms with van der Waals surface area (Å²) in [6, 6.07) is 0. The second-order valence-electron chi connectivity index (χ2n) is 4.03. The highest BCUT2D eigenvalue weighted by molar-refractivity contribution is 5.81. The number of hydrogen-bond donors (Lipinski definition) is 2. The van der Waals surface area contributed by atoms with Crippen molar-refractivity contribution in [1.82, 2.24) is 5.32 Å². The summed E-state index contributed by atoms with van der Waals surface area (Å²) in [6.45, 7) is 3.17. The van der Waals surface area contributed by atoms with Gasteiger partial charge in [-0.05, 0) is 24.7 Å². The van der Waals surface area contributed by atoms with Gasteiger partial charge in [0.2, 0.25) is 5.91 Å². The Labute approximate surface area is 85.2 Å². The molecule has 1 amide bonds. The average Bonchev–Trinajstić information content (AvgIpc) is 2.97. The van der Waals surface area contributed by atoms with Gasteiger partial charge in [0, 0.05) is 20.2 Å². The molecule has 1 saturated carbocycles. The minimum Gasteiger partial charge on any atom is -0.370 e. The summed E-state index contributed by atoms with van der Waals surface area (Å²) in [5.41, 5.74) is 5.76. The van der Waals surface area contributed by atoms with Gasteiger partial charge in [0.1, 0.15) is 6.10 Å². The zero-order chi connectivity index (χ0) is 10.6. The minimum absolute atomic E-state index is 0.0882. The zero-order valence-corrected chi connectivity index (χ0v) is 9.01. The van der Waals surface area contributed by atoms with Gasteiger partial charge in [0.25, 0.3) is 0 Å². The smallest absolute Gasteiger partial charge is 0.250 e. The summed E-state index contributed by atoms with van der Waals surface area (Å²) in [5.74, 6) is -0.0882. The fourth-order valence-electron chi connectivity index (χ4n) is 1.53. The SMILES string of the molecule is CCC1(CNC(=O)C(CN)OC)CC1. The van der Waals surface area contributed by atoms with Crippen molar-refractivity contribution < 1.29 is 9.53 Å². The van der Waals surface area contributed by atoms with Crippen LogP contribution in [0.2, 0.25) is 0 Å². The Morgan fingerprint density at radius 2 is 2.29 bits per heavy atom. The zero-order valence-electron chi connectivity index (χ0n) is 9.01. The molecule has 1 unspecified atom stereocenters. The minimum atomic E-state index is -0.498. The van der Waals surface area contributed by atoms with E-state index < -0.39 is 6.10 Å². The molecular formula is C10H20N2O2. The third-order valence-electron chi connectivity index (χ3n) is 3.14. The van der Waals surface area contributed by atoms with Gasteiger partial charge in [-0.3, -0.25) is 4.79 Å². The van der Waals surface area contributed by atoms with E-state index in [9.17, 15) is 4.79 Å². The first-order valence-electron chi connectivity index (χ1n) is 5.18. The van der Waals surface area contributed by atoms with Gasteiger partial charge in [-0.1, -0.05) is 6.92 Å². The largest absolute Gasteiger partial charge is 0.370 e. The number of carbonyl (C=O) groups excluding carboxylic acids is 1. The van der Waals surface area contributed by atoms with Gasteiger partial charge in [-0.2, -0.15) is 0 Å². The molecule has 0 aromatic heterocycles. The molecule has 1 atom stereocenters. The number of nitrogens with one attached hydrogen (secondary N) is 1. The average molecular weight is 200 g/mol. The maximum Gasteiger partial charge on any atom is 0.250 e. The fraction of sp³-hybridized carbons (Fsp3) is 0.900. The Kier molecular flexibility index (Phi) is 3.89. The molecule has 14 heavy (non-hydrogen) atoms. The predicted molar refractivity (Wildman–Crippen MR) is 54.8 cm³/mol. The van der Waals surface area contributed by atoms with Crippen molar-refractivity contribution in [3.05, 3.63) is 0 Å². The van der Waals surface area contributed by atoms with E-state index in [0.717, 1.165) is 13.0 Å². The van der Waals surface area contributed by atoms with Gasteiger partial charge >= 0.3 is 0 Å². The van der Waals surface area contributed by atoms with E-state index in [2.05, 4.69) is 12.2 Å². The lowest BCUT2D eigenvalue weighted by atomic mass is 10.0. The Bertz CT molecular complexity index is 198. The van der Waals surface area contributed by atoms with Crippen molar-refractivity contribution in [3.63, 3.8) is 0 Å². The highest BCUT2D eigenvalue weighted by Gasteiger charge is 2.40. The van der Waals surface area contributed by atoms with Crippen molar-refractivity contribution >= 4 is 5.91 Å². The van der Waals surface area contributed by atoms with Crippen molar-refractivity contribution in [2.45, 2.75) is 32.3 Å². The predicted octanol–water partition coefficient (Wildman–Crippen LogP) is 0.267. The van der Waals surface area contributed by atoms with Crippen molar-refractivity contribution in [3.8, 4) is 0 Å². The molecule has 3 N–H and O–H groups in total. The molecule has 0 aliphatic heterocycles. The first kappa shape index (κ1) is 11.5. The number of nitrogens with two attached hydrogens (primary N) is 1. The Morgan fingerprint density at radius 1 is 1.64 bits per heavy atom. The summed E-state index contributed by atoms with van der Waals surface area (Å²) in [7, 11) is 1.50. The van der Waals surface area contributed by atoms with Gasteiger partial charge in [0.15, 0.2) is 0 Å². The molecule has 0 aromatic rings. The number of ether oxygens (including phenoxy) is 1. The molecule has 1 rings (SSSR count). The molecule has 4 heteroatoms. The topological polar surface area (TPSA) is 64.4 Å². The van der Waals surface area contributed by atoms with E-state index in [1.807, 2.05) is 0 Å². The van der Waals surface area contributed by atoms with Crippen LogP contribution in [-0.2, 0) is 9.53 Å². The molecule has 0 radical (unpaired) electrons. The summed E-state index contributed by atoms with van der Waals surface area (Å²) < 4.78 is 4.94. The van der Waals surface area contributed by atoms with E-state index in [1.165, 1.54) is 20.0 Å². The molecule has 0 saturated heterocycles. The summed E-state index contributed by atoms with van der Waals surface area (Å²) in [4.78, 5) is 11.5. The third-order valence-corrected chi connectivity index (χ3v) is 3.14. The Morgan fingerprint density at radius 3 is 2.64 bits per heavy atom. The van der Waals surface area contributed by atoms with Crippen molar-refractivity contribution in [2.24, 2.45) is 11.1 Å². The lowest BCUT2D eigenvalue weighted by Gasteiger charge is -2.17. The van der Waals surface area contributed by atoms with E-state index >= 15 is 0 Å². The van der Waals surface area contributed by atoms with Gasteiger partial charge < -0.3 is 15.8 Å². The second kappa shape index (κ2) is 4.75. The normalized spacial score (nSPS) is 20.2. The van der Waals surface area contributed by atoms with E-state index in [1.54, 1.807) is 0 Å². The van der Waals surface area contributed by atoms with Crippen LogP contribution in [0.25, 0.3) is 0 Å². The molecule has 0 aromatic carbocycles. The van der Waals surface area contributed by atoms with E-state index in [4.69, 9.17) is 10.5 Å². The Hall–Kier alpha value is -0.610. The maximum atomic E-state index is 11.5. The molecule has 82 valence electrons. The van der Waals surface area contributed by atoms with Crippen LogP contribution < -0.4 is 11.1 Å². The van der Waals surface area contributed by atoms with E-state index in [-0.39, 0.29) is 12.5 Å². The van der Waals surface area contributed by atoms with Crippen LogP contribution in [0.15, 0.2) is 0 Å². The van der Waals surface area contributed by atoms with Crippen LogP contribution in [0.3, 0.4) is 0 Å². The summed E-state index contributed by atoms with van der Waals surface area (Å²) in [5, 5.41) is 2.89. The monoisotopic (exact) mass is 200 g/mol. The lowest BCUT2D eigenvalue weighted by Crippen LogP contribution is -2.42. The number of amides is 1. The van der Waals surface area contributed by atoms with Crippen molar-refractivity contribution in [1.29, 1.82) is 0 Å². The molecular weight excluding hydrogens is 180 g/mol. The van der Waals surface area contributed by atoms with Crippen molar-refractivity contribution in [2.75, 3.05) is 20.2 Å². The molecule has 1 aliphatic carbocycles. The second-order valence-corrected chi connectivity index (χ2v) is 4.03. The van der Waals surface area contributed by atoms with Gasteiger partial charge in [-0.25, -0.2) is 0 Å². The van der Waals surface area contributed by atoms with Gasteiger partial charge in [-0.15, -0.1) is 0 Å². The van der Waals surface area contributed by atoms with Crippen LogP contribution in [0.4, 0.5) is 0 Å². The number of carbonyl (C=O) groups is 1. The van der Waals surface area contributed by atoms with Gasteiger partial charge in [0.05, 0.1) is 0 Å². The van der Waals surface area contributed by atoms with Crippen LogP contribution in [0, 0.1) is 5.41 Å². The highest BCUT2D eigenvalue weighted by atomic mass is 16.5. The summed E-state index contributed by atoms with van der Waals surface area (Å²) in [6.07, 6.45) is 3.09. The highest BCUT2D eigenvalue weighted by Crippen LogP contribution is 2.47. The lowest BCUT2D eigenvalue weighted by molar-refractivity contribution is -0.130. The maximum absolute atomic E-state index is 11.5. The molecule has 0 spiro atoms. The first-order chi connectivity index (χ1) is 6.67. The third kappa shape index (κ3) is 2.69. The van der Waals surface area contributed by atoms with Crippen LogP contribution in [0.1, 0.15) is 26.2 Å². The van der Waals surface area contributed by atoms with E-state index in [0.29, 0.717) is 5.41 Å². The molecule has 1 aliphatic rings. The summed E-state index contributed by atoms with van der Waals surface area (Å²) >= 11 is 0. The number of rotatable bonds is 6. The fourth-order valence-corrected chi connectivity index (χ4v) is 1.53. The molecule has 0 heterocycles. The Balaban J connectivity index is 2.27.